The topological polar surface area (TPSA) is 121 Å². The van der Waals surface area contributed by atoms with E-state index in [0.717, 1.165) is 30.5 Å². The fourth-order valence-corrected chi connectivity index (χ4v) is 4.02. The van der Waals surface area contributed by atoms with E-state index in [1.165, 1.54) is 25.7 Å². The highest BCUT2D eigenvalue weighted by molar-refractivity contribution is 6.09. The molecule has 0 bridgehead atoms. The quantitative estimate of drug-likeness (QED) is 0.149. The van der Waals surface area contributed by atoms with Crippen LogP contribution in [0.2, 0.25) is 0 Å². The van der Waals surface area contributed by atoms with E-state index in [0.29, 0.717) is 35.3 Å². The molecule has 0 spiro atoms. The van der Waals surface area contributed by atoms with E-state index in [4.69, 9.17) is 0 Å². The summed E-state index contributed by atoms with van der Waals surface area (Å²) in [5, 5.41) is 12.9. The van der Waals surface area contributed by atoms with Gasteiger partial charge in [0.05, 0.1) is 16.8 Å². The van der Waals surface area contributed by atoms with Crippen LogP contribution in [0.1, 0.15) is 80.0 Å². The third-order valence-corrected chi connectivity index (χ3v) is 6.19. The van der Waals surface area contributed by atoms with Crippen molar-refractivity contribution < 1.29 is 19.1 Å². The molecule has 0 aliphatic rings. The summed E-state index contributed by atoms with van der Waals surface area (Å²) in [7, 11) is 3.57. The Morgan fingerprint density at radius 1 is 0.878 bits per heavy atom. The standard InChI is InChI=1S/C27H35N5O2.C5H10O2/c1-28-16-10-5-3-4-6-11-17-30-26(33)20-14-15-24-22(18-20)25(23(19-31-24)27(34)29-2)32-21-12-8-7-9-13-21;1-5(2,3)7-4-6/h7-9,12-15,18-19,28H,3-6,10-11,16-17H2,1-2H3,(H,29,34)(H,30,33)(H,31,32);4H,1-3H3. The number of carbonyl (C=O) groups excluding carboxylic acids is 3. The second-order valence-electron chi connectivity index (χ2n) is 10.7. The smallest absolute Gasteiger partial charge is 0.293 e. The summed E-state index contributed by atoms with van der Waals surface area (Å²) in [5.41, 5.74) is 2.84. The van der Waals surface area contributed by atoms with Gasteiger partial charge in [-0.1, -0.05) is 43.9 Å². The van der Waals surface area contributed by atoms with Gasteiger partial charge in [0.2, 0.25) is 0 Å². The predicted molar refractivity (Wildman–Crippen MR) is 166 cm³/mol. The molecule has 0 fully saturated rings. The number of benzene rings is 2. The van der Waals surface area contributed by atoms with Crippen LogP contribution in [0.3, 0.4) is 0 Å². The SMILES string of the molecule is CC(C)(C)OC=O.CNCCCCCCCCNC(=O)c1ccc2ncc(C(=O)NC)c(Nc3ccccc3)c2c1. The van der Waals surface area contributed by atoms with Crippen LogP contribution in [-0.4, -0.2) is 56.1 Å². The van der Waals surface area contributed by atoms with Gasteiger partial charge in [0.25, 0.3) is 18.3 Å². The second-order valence-corrected chi connectivity index (χ2v) is 10.7. The number of hydrogen-bond donors (Lipinski definition) is 4. The molecule has 1 aromatic heterocycles. The molecule has 0 aliphatic carbocycles. The average Bonchev–Trinajstić information content (AvgIpc) is 2.96. The lowest BCUT2D eigenvalue weighted by Crippen LogP contribution is -2.24. The molecule has 41 heavy (non-hydrogen) atoms. The van der Waals surface area contributed by atoms with Gasteiger partial charge in [-0.25, -0.2) is 0 Å². The molecule has 0 unspecified atom stereocenters. The zero-order chi connectivity index (χ0) is 30.1. The first kappa shape index (κ1) is 33.2. The largest absolute Gasteiger partial charge is 0.462 e. The lowest BCUT2D eigenvalue weighted by Gasteiger charge is -2.15. The van der Waals surface area contributed by atoms with E-state index in [9.17, 15) is 14.4 Å². The summed E-state index contributed by atoms with van der Waals surface area (Å²) in [6.45, 7) is 7.65. The molecule has 0 saturated heterocycles. The minimum atomic E-state index is -0.318. The monoisotopic (exact) mass is 563 g/mol. The van der Waals surface area contributed by atoms with Crippen LogP contribution in [0.15, 0.2) is 54.7 Å². The predicted octanol–water partition coefficient (Wildman–Crippen LogP) is 5.59. The van der Waals surface area contributed by atoms with Gasteiger partial charge in [0.1, 0.15) is 5.60 Å². The molecule has 9 heteroatoms. The first-order valence-electron chi connectivity index (χ1n) is 14.2. The van der Waals surface area contributed by atoms with Crippen LogP contribution < -0.4 is 21.3 Å². The maximum atomic E-state index is 12.8. The number of para-hydroxylation sites is 1. The van der Waals surface area contributed by atoms with Crippen molar-refractivity contribution in [2.75, 3.05) is 32.5 Å². The van der Waals surface area contributed by atoms with Crippen molar-refractivity contribution in [2.24, 2.45) is 0 Å². The molecular weight excluding hydrogens is 518 g/mol. The van der Waals surface area contributed by atoms with Gasteiger partial charge in [0, 0.05) is 36.4 Å². The molecule has 2 amide bonds. The van der Waals surface area contributed by atoms with Gasteiger partial charge in [-0.2, -0.15) is 0 Å². The minimum absolute atomic E-state index is 0.119. The molecule has 0 atom stereocenters. The number of ether oxygens (including phenoxy) is 1. The Morgan fingerprint density at radius 2 is 1.54 bits per heavy atom. The molecule has 3 aromatic rings. The highest BCUT2D eigenvalue weighted by Crippen LogP contribution is 2.30. The van der Waals surface area contributed by atoms with E-state index in [2.05, 4.69) is 31.0 Å². The Bertz CT molecular complexity index is 1240. The Hall–Kier alpha value is -3.98. The van der Waals surface area contributed by atoms with Crippen molar-refractivity contribution in [3.63, 3.8) is 0 Å². The number of aromatic nitrogens is 1. The molecule has 3 rings (SSSR count). The summed E-state index contributed by atoms with van der Waals surface area (Å²) >= 11 is 0. The molecule has 1 heterocycles. The first-order valence-corrected chi connectivity index (χ1v) is 14.2. The van der Waals surface area contributed by atoms with Crippen LogP contribution in [-0.2, 0) is 9.53 Å². The normalized spacial score (nSPS) is 10.8. The van der Waals surface area contributed by atoms with Gasteiger partial charge in [-0.05, 0) is 77.5 Å². The van der Waals surface area contributed by atoms with Gasteiger partial charge in [-0.15, -0.1) is 0 Å². The van der Waals surface area contributed by atoms with Crippen molar-refractivity contribution in [1.29, 1.82) is 0 Å². The molecule has 2 aromatic carbocycles. The van der Waals surface area contributed by atoms with Crippen LogP contribution in [0.4, 0.5) is 11.4 Å². The summed E-state index contributed by atoms with van der Waals surface area (Å²) in [6, 6.07) is 15.0. The summed E-state index contributed by atoms with van der Waals surface area (Å²) in [6.07, 6.45) is 8.53. The van der Waals surface area contributed by atoms with Gasteiger partial charge in [0.15, 0.2) is 0 Å². The number of unbranched alkanes of at least 4 members (excludes halogenated alkanes) is 5. The van der Waals surface area contributed by atoms with Crippen molar-refractivity contribution in [1.82, 2.24) is 20.9 Å². The molecule has 4 N–H and O–H groups in total. The first-order chi connectivity index (χ1) is 19.7. The fraction of sp³-hybridized carbons (Fsp3) is 0.438. The second kappa shape index (κ2) is 17.7. The molecule has 222 valence electrons. The maximum absolute atomic E-state index is 12.8. The van der Waals surface area contributed by atoms with Crippen molar-refractivity contribution in [3.8, 4) is 0 Å². The summed E-state index contributed by atoms with van der Waals surface area (Å²) in [5.74, 6) is -0.361. The fourth-order valence-electron chi connectivity index (χ4n) is 4.02. The third kappa shape index (κ3) is 12.0. The van der Waals surface area contributed by atoms with Crippen LogP contribution in [0.5, 0.6) is 0 Å². The maximum Gasteiger partial charge on any atom is 0.293 e. The molecule has 0 saturated carbocycles. The van der Waals surface area contributed by atoms with Gasteiger partial charge < -0.3 is 26.0 Å². The lowest BCUT2D eigenvalue weighted by molar-refractivity contribution is -0.138. The van der Waals surface area contributed by atoms with E-state index < -0.39 is 0 Å². The Morgan fingerprint density at radius 3 is 2.12 bits per heavy atom. The van der Waals surface area contributed by atoms with Gasteiger partial charge >= 0.3 is 0 Å². The number of fused-ring (bicyclic) bond motifs is 1. The number of pyridine rings is 1. The molecule has 9 nitrogen and oxygen atoms in total. The number of carbonyl (C=O) groups is 3. The average molecular weight is 564 g/mol. The number of hydrogen-bond acceptors (Lipinski definition) is 7. The van der Waals surface area contributed by atoms with E-state index in [-0.39, 0.29) is 17.4 Å². The highest BCUT2D eigenvalue weighted by Gasteiger charge is 2.17. The number of nitrogens with zero attached hydrogens (tertiary/aromatic N) is 1. The van der Waals surface area contributed by atoms with Crippen molar-refractivity contribution >= 4 is 40.6 Å². The Balaban J connectivity index is 0.000000745. The lowest BCUT2D eigenvalue weighted by atomic mass is 10.0. The highest BCUT2D eigenvalue weighted by atomic mass is 16.5. The molecule has 0 aliphatic heterocycles. The zero-order valence-electron chi connectivity index (χ0n) is 25.0. The number of nitrogens with one attached hydrogen (secondary N) is 4. The third-order valence-electron chi connectivity index (χ3n) is 6.19. The van der Waals surface area contributed by atoms with E-state index >= 15 is 0 Å². The van der Waals surface area contributed by atoms with E-state index in [1.54, 1.807) is 25.4 Å². The van der Waals surface area contributed by atoms with Crippen LogP contribution >= 0.6 is 0 Å². The minimum Gasteiger partial charge on any atom is -0.462 e. The molecule has 0 radical (unpaired) electrons. The van der Waals surface area contributed by atoms with Gasteiger partial charge in [-0.3, -0.25) is 19.4 Å². The Labute approximate surface area is 243 Å². The van der Waals surface area contributed by atoms with Crippen molar-refractivity contribution in [2.45, 2.75) is 64.9 Å². The number of rotatable bonds is 14. The Kier molecular flexibility index (Phi) is 14.3. The van der Waals surface area contributed by atoms with E-state index in [1.807, 2.05) is 64.2 Å². The number of amides is 2. The zero-order valence-corrected chi connectivity index (χ0v) is 25.0. The van der Waals surface area contributed by atoms with Crippen molar-refractivity contribution in [3.05, 3.63) is 65.9 Å². The van der Waals surface area contributed by atoms with Crippen LogP contribution in [0.25, 0.3) is 10.9 Å². The summed E-state index contributed by atoms with van der Waals surface area (Å²) < 4.78 is 4.55. The molecular formula is C32H45N5O4. The summed E-state index contributed by atoms with van der Waals surface area (Å²) in [4.78, 5) is 39.4. The van der Waals surface area contributed by atoms with Crippen LogP contribution in [0, 0.1) is 0 Å². The number of anilines is 2.